The fourth-order valence-corrected chi connectivity index (χ4v) is 6.73. The minimum Gasteiger partial charge on any atom is -0.497 e. The Morgan fingerprint density at radius 2 is 1.63 bits per heavy atom. The van der Waals surface area contributed by atoms with Gasteiger partial charge in [-0.1, -0.05) is 17.4 Å². The third-order valence-electron chi connectivity index (χ3n) is 4.98. The van der Waals surface area contributed by atoms with Gasteiger partial charge in [-0.2, -0.15) is 4.31 Å². The zero-order valence-electron chi connectivity index (χ0n) is 16.5. The van der Waals surface area contributed by atoms with Gasteiger partial charge in [0.2, 0.25) is 10.0 Å². The van der Waals surface area contributed by atoms with Crippen LogP contribution in [0.4, 0.5) is 5.13 Å². The maximum atomic E-state index is 12.9. The number of piperazine rings is 1. The Morgan fingerprint density at radius 1 is 0.967 bits per heavy atom. The van der Waals surface area contributed by atoms with Crippen LogP contribution in [0, 0.1) is 0 Å². The summed E-state index contributed by atoms with van der Waals surface area (Å²) in [6, 6.07) is 11.4. The molecule has 0 aliphatic carbocycles. The van der Waals surface area contributed by atoms with Gasteiger partial charge in [0.15, 0.2) is 15.0 Å². The molecule has 1 fully saturated rings. The fourth-order valence-electron chi connectivity index (χ4n) is 3.36. The standard InChI is InChI=1S/C19H21N3O5S3/c1-27-14-6-8-15(9-7-14)30(25,26)22-12-10-21(11-13-22)19-20-18-16(28-19)4-3-5-17(18)29(2,23)24/h3-9H,10-13H2,1-2H3. The number of thiazole rings is 1. The minimum absolute atomic E-state index is 0.211. The van der Waals surface area contributed by atoms with Crippen molar-refractivity contribution in [3.8, 4) is 5.75 Å². The lowest BCUT2D eigenvalue weighted by atomic mass is 10.3. The van der Waals surface area contributed by atoms with Crippen LogP contribution in [-0.2, 0) is 19.9 Å². The Kier molecular flexibility index (Phi) is 5.47. The average molecular weight is 468 g/mol. The van der Waals surface area contributed by atoms with Crippen LogP contribution in [0.3, 0.4) is 0 Å². The van der Waals surface area contributed by atoms with Crippen LogP contribution in [0.25, 0.3) is 10.2 Å². The highest BCUT2D eigenvalue weighted by atomic mass is 32.2. The van der Waals surface area contributed by atoms with Crippen molar-refractivity contribution < 1.29 is 21.6 Å². The summed E-state index contributed by atoms with van der Waals surface area (Å²) in [5.74, 6) is 0.600. The maximum absolute atomic E-state index is 12.9. The van der Waals surface area contributed by atoms with E-state index in [1.54, 1.807) is 36.4 Å². The molecule has 0 N–H and O–H groups in total. The van der Waals surface area contributed by atoms with Crippen molar-refractivity contribution in [3.63, 3.8) is 0 Å². The van der Waals surface area contributed by atoms with Crippen LogP contribution < -0.4 is 9.64 Å². The highest BCUT2D eigenvalue weighted by molar-refractivity contribution is 7.91. The van der Waals surface area contributed by atoms with E-state index in [0.717, 1.165) is 4.70 Å². The number of sulfonamides is 1. The molecule has 8 nitrogen and oxygen atoms in total. The first kappa shape index (κ1) is 21.0. The van der Waals surface area contributed by atoms with Gasteiger partial charge >= 0.3 is 0 Å². The summed E-state index contributed by atoms with van der Waals surface area (Å²) in [4.78, 5) is 6.99. The number of methoxy groups -OCH3 is 1. The quantitative estimate of drug-likeness (QED) is 0.568. The summed E-state index contributed by atoms with van der Waals surface area (Å²) in [6.45, 7) is 1.60. The van der Waals surface area contributed by atoms with E-state index in [-0.39, 0.29) is 9.79 Å². The molecule has 0 bridgehead atoms. The Balaban J connectivity index is 1.53. The number of nitrogens with zero attached hydrogens (tertiary/aromatic N) is 3. The lowest BCUT2D eigenvalue weighted by Gasteiger charge is -2.33. The van der Waals surface area contributed by atoms with Gasteiger partial charge in [0.25, 0.3) is 0 Å². The van der Waals surface area contributed by atoms with E-state index in [4.69, 9.17) is 4.74 Å². The number of hydrogen-bond acceptors (Lipinski definition) is 8. The summed E-state index contributed by atoms with van der Waals surface area (Å²) in [5, 5.41) is 0.697. The smallest absolute Gasteiger partial charge is 0.243 e. The third kappa shape index (κ3) is 3.89. The first-order valence-electron chi connectivity index (χ1n) is 9.19. The van der Waals surface area contributed by atoms with Crippen LogP contribution in [0.1, 0.15) is 0 Å². The van der Waals surface area contributed by atoms with Crippen molar-refractivity contribution in [3.05, 3.63) is 42.5 Å². The maximum Gasteiger partial charge on any atom is 0.243 e. The molecular formula is C19H21N3O5S3. The summed E-state index contributed by atoms with van der Waals surface area (Å²) in [5.41, 5.74) is 0.466. The largest absolute Gasteiger partial charge is 0.497 e. The van der Waals surface area contributed by atoms with Crippen LogP contribution in [-0.4, -0.2) is 65.7 Å². The van der Waals surface area contributed by atoms with Gasteiger partial charge in [0.05, 0.1) is 21.6 Å². The number of ether oxygens (including phenoxy) is 1. The molecule has 0 atom stereocenters. The molecule has 1 aliphatic rings. The Hall–Kier alpha value is -2.21. The zero-order chi connectivity index (χ0) is 21.5. The zero-order valence-corrected chi connectivity index (χ0v) is 18.9. The fraction of sp³-hybridized carbons (Fsp3) is 0.316. The van der Waals surface area contributed by atoms with E-state index in [0.29, 0.717) is 42.6 Å². The molecule has 0 saturated carbocycles. The first-order valence-corrected chi connectivity index (χ1v) is 13.3. The molecule has 0 radical (unpaired) electrons. The summed E-state index contributed by atoms with van der Waals surface area (Å²) < 4.78 is 57.2. The van der Waals surface area contributed by atoms with Gasteiger partial charge in [-0.25, -0.2) is 21.8 Å². The number of para-hydroxylation sites is 1. The third-order valence-corrected chi connectivity index (χ3v) is 9.10. The van der Waals surface area contributed by atoms with E-state index in [9.17, 15) is 16.8 Å². The van der Waals surface area contributed by atoms with E-state index in [1.165, 1.54) is 29.0 Å². The van der Waals surface area contributed by atoms with Crippen molar-refractivity contribution in [2.75, 3.05) is 44.4 Å². The van der Waals surface area contributed by atoms with Gasteiger partial charge in [0, 0.05) is 32.4 Å². The Labute approximate surface area is 179 Å². The highest BCUT2D eigenvalue weighted by Crippen LogP contribution is 2.33. The molecule has 2 aromatic carbocycles. The van der Waals surface area contributed by atoms with Crippen LogP contribution in [0.5, 0.6) is 5.75 Å². The molecule has 30 heavy (non-hydrogen) atoms. The average Bonchev–Trinajstić information content (AvgIpc) is 3.17. The van der Waals surface area contributed by atoms with Crippen molar-refractivity contribution in [1.29, 1.82) is 0 Å². The Bertz CT molecular complexity index is 1280. The summed E-state index contributed by atoms with van der Waals surface area (Å²) >= 11 is 1.41. The highest BCUT2D eigenvalue weighted by Gasteiger charge is 2.30. The Morgan fingerprint density at radius 3 is 2.23 bits per heavy atom. The molecule has 1 aromatic heterocycles. The van der Waals surface area contributed by atoms with Crippen LogP contribution in [0.2, 0.25) is 0 Å². The van der Waals surface area contributed by atoms with Gasteiger partial charge in [-0.3, -0.25) is 0 Å². The number of anilines is 1. The predicted octanol–water partition coefficient (Wildman–Crippen LogP) is 2.22. The van der Waals surface area contributed by atoms with Crippen molar-refractivity contribution in [2.45, 2.75) is 9.79 Å². The molecule has 1 saturated heterocycles. The molecule has 1 aliphatic heterocycles. The van der Waals surface area contributed by atoms with Crippen LogP contribution >= 0.6 is 11.3 Å². The van der Waals surface area contributed by atoms with E-state index >= 15 is 0 Å². The van der Waals surface area contributed by atoms with Gasteiger partial charge in [-0.15, -0.1) is 0 Å². The number of benzene rings is 2. The van der Waals surface area contributed by atoms with Crippen LogP contribution in [0.15, 0.2) is 52.3 Å². The van der Waals surface area contributed by atoms with Gasteiger partial charge < -0.3 is 9.64 Å². The number of aromatic nitrogens is 1. The van der Waals surface area contributed by atoms with Crippen molar-refractivity contribution >= 4 is 46.5 Å². The summed E-state index contributed by atoms with van der Waals surface area (Å²) in [6.07, 6.45) is 1.17. The molecule has 0 unspecified atom stereocenters. The minimum atomic E-state index is -3.59. The first-order chi connectivity index (χ1) is 14.2. The molecule has 2 heterocycles. The van der Waals surface area contributed by atoms with E-state index < -0.39 is 19.9 Å². The lowest BCUT2D eigenvalue weighted by molar-refractivity contribution is 0.384. The molecular weight excluding hydrogens is 446 g/mol. The number of sulfone groups is 1. The number of rotatable bonds is 5. The van der Waals surface area contributed by atoms with Gasteiger partial charge in [0.1, 0.15) is 11.3 Å². The molecule has 0 spiro atoms. The predicted molar refractivity (Wildman–Crippen MR) is 117 cm³/mol. The number of fused-ring (bicyclic) bond motifs is 1. The van der Waals surface area contributed by atoms with Crippen molar-refractivity contribution in [2.24, 2.45) is 0 Å². The van der Waals surface area contributed by atoms with E-state index in [1.807, 2.05) is 11.0 Å². The van der Waals surface area contributed by atoms with Crippen molar-refractivity contribution in [1.82, 2.24) is 9.29 Å². The topological polar surface area (TPSA) is 96.9 Å². The molecule has 3 aromatic rings. The van der Waals surface area contributed by atoms with Gasteiger partial charge in [-0.05, 0) is 36.4 Å². The molecule has 4 rings (SSSR count). The monoisotopic (exact) mass is 467 g/mol. The van der Waals surface area contributed by atoms with E-state index in [2.05, 4.69) is 4.98 Å². The second-order valence-corrected chi connectivity index (χ2v) is 11.9. The SMILES string of the molecule is COc1ccc(S(=O)(=O)N2CCN(c3nc4c(S(C)(=O)=O)cccc4s3)CC2)cc1. The second kappa shape index (κ2) is 7.80. The normalized spacial score (nSPS) is 16.1. The molecule has 0 amide bonds. The summed E-state index contributed by atoms with van der Waals surface area (Å²) in [7, 11) is -5.44. The second-order valence-electron chi connectivity index (χ2n) is 6.94. The lowest BCUT2D eigenvalue weighted by Crippen LogP contribution is -2.48. The molecule has 160 valence electrons. The molecule has 11 heteroatoms. The number of hydrogen-bond donors (Lipinski definition) is 0.